The minimum atomic E-state index is -0.412. The molecule has 2 heterocycles. The second-order valence-electron chi connectivity index (χ2n) is 3.31. The van der Waals surface area contributed by atoms with Crippen molar-refractivity contribution in [3.05, 3.63) is 23.9 Å². The van der Waals surface area contributed by atoms with Gasteiger partial charge in [0.2, 0.25) is 0 Å². The maximum absolute atomic E-state index is 11.4. The molecule has 15 heavy (non-hydrogen) atoms. The fourth-order valence-electron chi connectivity index (χ4n) is 1.45. The number of anilines is 1. The average Bonchev–Trinajstić information content (AvgIpc) is 2.59. The zero-order chi connectivity index (χ0) is 10.8. The second kappa shape index (κ2) is 3.58. The Kier molecular flexibility index (Phi) is 2.26. The van der Waals surface area contributed by atoms with Crippen molar-refractivity contribution in [1.82, 2.24) is 4.98 Å². The Morgan fingerprint density at radius 3 is 3.13 bits per heavy atom. The molecular formula is C10H9N3O2. The largest absolute Gasteiger partial charge is 0.447 e. The van der Waals surface area contributed by atoms with Gasteiger partial charge in [-0.1, -0.05) is 0 Å². The number of rotatable bonds is 1. The van der Waals surface area contributed by atoms with Crippen molar-refractivity contribution in [1.29, 1.82) is 5.26 Å². The molecular weight excluding hydrogens is 194 g/mol. The van der Waals surface area contributed by atoms with Crippen LogP contribution in [0.1, 0.15) is 12.5 Å². The summed E-state index contributed by atoms with van der Waals surface area (Å²) in [5, 5.41) is 8.72. The lowest BCUT2D eigenvalue weighted by Gasteiger charge is -2.16. The minimum absolute atomic E-state index is 0.0426. The molecule has 0 aliphatic carbocycles. The molecule has 1 amide bonds. The van der Waals surface area contributed by atoms with Crippen LogP contribution in [0.15, 0.2) is 18.3 Å². The molecule has 1 aliphatic heterocycles. The van der Waals surface area contributed by atoms with Gasteiger partial charge in [0.1, 0.15) is 12.4 Å². The number of pyridine rings is 1. The normalized spacial score (nSPS) is 19.9. The number of hydrogen-bond donors (Lipinski definition) is 0. The van der Waals surface area contributed by atoms with Gasteiger partial charge >= 0.3 is 6.09 Å². The molecule has 0 spiro atoms. The van der Waals surface area contributed by atoms with Crippen LogP contribution in [-0.2, 0) is 4.74 Å². The highest BCUT2D eigenvalue weighted by molar-refractivity contribution is 5.89. The van der Waals surface area contributed by atoms with Crippen molar-refractivity contribution in [2.45, 2.75) is 13.0 Å². The van der Waals surface area contributed by atoms with E-state index in [9.17, 15) is 4.79 Å². The smallest absolute Gasteiger partial charge is 0.415 e. The summed E-state index contributed by atoms with van der Waals surface area (Å²) in [6.07, 6.45) is 1.09. The molecule has 0 radical (unpaired) electrons. The lowest BCUT2D eigenvalue weighted by molar-refractivity contribution is 0.179. The first-order valence-corrected chi connectivity index (χ1v) is 4.54. The molecule has 0 bridgehead atoms. The molecule has 76 valence electrons. The van der Waals surface area contributed by atoms with Crippen molar-refractivity contribution in [2.24, 2.45) is 0 Å². The quantitative estimate of drug-likeness (QED) is 0.689. The molecule has 5 heteroatoms. The number of hydrogen-bond acceptors (Lipinski definition) is 4. The van der Waals surface area contributed by atoms with Crippen molar-refractivity contribution in [2.75, 3.05) is 11.5 Å². The van der Waals surface area contributed by atoms with Gasteiger partial charge in [0.25, 0.3) is 0 Å². The Hall–Kier alpha value is -2.09. The number of cyclic esters (lactones) is 1. The number of ether oxygens (including phenoxy) is 1. The lowest BCUT2D eigenvalue weighted by atomic mass is 10.2. The van der Waals surface area contributed by atoms with Gasteiger partial charge < -0.3 is 4.74 Å². The molecule has 1 aromatic heterocycles. The monoisotopic (exact) mass is 203 g/mol. The van der Waals surface area contributed by atoms with Crippen molar-refractivity contribution in [3.63, 3.8) is 0 Å². The third kappa shape index (κ3) is 1.62. The predicted octanol–water partition coefficient (Wildman–Crippen LogP) is 1.30. The molecule has 0 N–H and O–H groups in total. The molecule has 1 aromatic rings. The minimum Gasteiger partial charge on any atom is -0.447 e. The summed E-state index contributed by atoms with van der Waals surface area (Å²) < 4.78 is 4.87. The standard InChI is InChI=1S/C10H9N3O2/c1-7-6-15-10(14)13(7)9-4-8(5-11)2-3-12-9/h2-4,7H,6H2,1H3/t7-/m1/s1. The van der Waals surface area contributed by atoms with Gasteiger partial charge in [-0.25, -0.2) is 9.78 Å². The summed E-state index contributed by atoms with van der Waals surface area (Å²) in [6, 6.07) is 5.12. The van der Waals surface area contributed by atoms with Crippen LogP contribution in [0.2, 0.25) is 0 Å². The number of nitrogens with zero attached hydrogens (tertiary/aromatic N) is 3. The summed E-state index contributed by atoms with van der Waals surface area (Å²) in [5.74, 6) is 0.462. The first-order chi connectivity index (χ1) is 7.22. The zero-order valence-corrected chi connectivity index (χ0v) is 8.17. The van der Waals surface area contributed by atoms with E-state index >= 15 is 0 Å². The Bertz CT molecular complexity index is 439. The van der Waals surface area contributed by atoms with Crippen LogP contribution in [0.4, 0.5) is 10.6 Å². The maximum atomic E-state index is 11.4. The topological polar surface area (TPSA) is 66.2 Å². The maximum Gasteiger partial charge on any atom is 0.415 e. The van der Waals surface area contributed by atoms with Crippen LogP contribution in [0.25, 0.3) is 0 Å². The number of amides is 1. The Labute approximate surface area is 86.9 Å². The van der Waals surface area contributed by atoms with Crippen LogP contribution >= 0.6 is 0 Å². The average molecular weight is 203 g/mol. The van der Waals surface area contributed by atoms with Gasteiger partial charge in [-0.05, 0) is 19.1 Å². The number of carbonyl (C=O) groups is 1. The highest BCUT2D eigenvalue weighted by atomic mass is 16.6. The molecule has 1 fully saturated rings. The summed E-state index contributed by atoms with van der Waals surface area (Å²) in [6.45, 7) is 2.23. The third-order valence-corrected chi connectivity index (χ3v) is 2.21. The summed E-state index contributed by atoms with van der Waals surface area (Å²) in [4.78, 5) is 16.9. The van der Waals surface area contributed by atoms with E-state index in [2.05, 4.69) is 4.98 Å². The lowest BCUT2D eigenvalue weighted by Crippen LogP contribution is -2.31. The van der Waals surface area contributed by atoms with Crippen LogP contribution in [0, 0.1) is 11.3 Å². The van der Waals surface area contributed by atoms with E-state index in [0.717, 1.165) is 0 Å². The number of carbonyl (C=O) groups excluding carboxylic acids is 1. The van der Waals surface area contributed by atoms with E-state index in [1.807, 2.05) is 13.0 Å². The SMILES string of the molecule is C[C@@H]1COC(=O)N1c1cc(C#N)ccn1. The van der Waals surface area contributed by atoms with Gasteiger partial charge in [-0.2, -0.15) is 5.26 Å². The number of aromatic nitrogens is 1. The van der Waals surface area contributed by atoms with Crippen molar-refractivity contribution < 1.29 is 9.53 Å². The van der Waals surface area contributed by atoms with Gasteiger partial charge in [0, 0.05) is 6.20 Å². The second-order valence-corrected chi connectivity index (χ2v) is 3.31. The predicted molar refractivity (Wildman–Crippen MR) is 52.2 cm³/mol. The van der Waals surface area contributed by atoms with E-state index in [0.29, 0.717) is 18.0 Å². The Balaban J connectivity index is 2.37. The van der Waals surface area contributed by atoms with E-state index < -0.39 is 6.09 Å². The van der Waals surface area contributed by atoms with Crippen LogP contribution < -0.4 is 4.90 Å². The van der Waals surface area contributed by atoms with Crippen LogP contribution in [0.3, 0.4) is 0 Å². The molecule has 0 aromatic carbocycles. The first kappa shape index (κ1) is 9.46. The van der Waals surface area contributed by atoms with Crippen molar-refractivity contribution >= 4 is 11.9 Å². The van der Waals surface area contributed by atoms with Crippen LogP contribution in [0.5, 0.6) is 0 Å². The summed E-state index contributed by atoms with van der Waals surface area (Å²) >= 11 is 0. The fourth-order valence-corrected chi connectivity index (χ4v) is 1.45. The highest BCUT2D eigenvalue weighted by Crippen LogP contribution is 2.20. The Morgan fingerprint density at radius 2 is 2.53 bits per heavy atom. The summed E-state index contributed by atoms with van der Waals surface area (Å²) in [7, 11) is 0. The fraction of sp³-hybridized carbons (Fsp3) is 0.300. The van der Waals surface area contributed by atoms with Crippen LogP contribution in [-0.4, -0.2) is 23.7 Å². The van der Waals surface area contributed by atoms with Gasteiger partial charge in [-0.3, -0.25) is 4.90 Å². The third-order valence-electron chi connectivity index (χ3n) is 2.21. The van der Waals surface area contributed by atoms with E-state index in [1.54, 1.807) is 12.1 Å². The molecule has 1 saturated heterocycles. The molecule has 0 unspecified atom stereocenters. The molecule has 2 rings (SSSR count). The van der Waals surface area contributed by atoms with Crippen molar-refractivity contribution in [3.8, 4) is 6.07 Å². The molecule has 1 aliphatic rings. The van der Waals surface area contributed by atoms with E-state index in [4.69, 9.17) is 10.00 Å². The van der Waals surface area contributed by atoms with Gasteiger partial charge in [0.05, 0.1) is 17.7 Å². The number of nitriles is 1. The molecule has 5 nitrogen and oxygen atoms in total. The highest BCUT2D eigenvalue weighted by Gasteiger charge is 2.31. The molecule has 1 atom stereocenters. The van der Waals surface area contributed by atoms with E-state index in [-0.39, 0.29) is 6.04 Å². The van der Waals surface area contributed by atoms with Gasteiger partial charge in [0.15, 0.2) is 0 Å². The van der Waals surface area contributed by atoms with Gasteiger partial charge in [-0.15, -0.1) is 0 Å². The Morgan fingerprint density at radius 1 is 1.73 bits per heavy atom. The summed E-state index contributed by atoms with van der Waals surface area (Å²) in [5.41, 5.74) is 0.479. The van der Waals surface area contributed by atoms with E-state index in [1.165, 1.54) is 11.1 Å². The molecule has 0 saturated carbocycles. The zero-order valence-electron chi connectivity index (χ0n) is 8.17. The first-order valence-electron chi connectivity index (χ1n) is 4.54.